The standard InChI is InChI=1S/C24H27N3O/c1-4-18-10-12-19(13-11-18)22(27(2)3)17-26-23(28)15-14-21-8-5-7-20-9-6-16-25-24(20)21/h5-16,22H,4,17H2,1-3H3,(H,26,28)/b15-14+. The van der Waals surface area contributed by atoms with E-state index >= 15 is 0 Å². The van der Waals surface area contributed by atoms with E-state index in [-0.39, 0.29) is 11.9 Å². The Labute approximate surface area is 166 Å². The van der Waals surface area contributed by atoms with Crippen LogP contribution in [0.5, 0.6) is 0 Å². The molecule has 144 valence electrons. The van der Waals surface area contributed by atoms with Gasteiger partial charge in [-0.2, -0.15) is 0 Å². The molecular weight excluding hydrogens is 346 g/mol. The van der Waals surface area contributed by atoms with Gasteiger partial charge >= 0.3 is 0 Å². The van der Waals surface area contributed by atoms with Crippen LogP contribution in [-0.2, 0) is 11.2 Å². The second kappa shape index (κ2) is 9.29. The maximum atomic E-state index is 12.4. The lowest BCUT2D eigenvalue weighted by molar-refractivity contribution is -0.116. The summed E-state index contributed by atoms with van der Waals surface area (Å²) >= 11 is 0. The van der Waals surface area contributed by atoms with Crippen molar-refractivity contribution in [2.45, 2.75) is 19.4 Å². The number of nitrogens with one attached hydrogen (secondary N) is 1. The SMILES string of the molecule is CCc1ccc(C(CNC(=O)/C=C/c2cccc3cccnc23)N(C)C)cc1. The molecule has 1 unspecified atom stereocenters. The van der Waals surface area contributed by atoms with Crippen LogP contribution in [0, 0.1) is 0 Å². The molecular formula is C24H27N3O. The summed E-state index contributed by atoms with van der Waals surface area (Å²) in [7, 11) is 4.06. The van der Waals surface area contributed by atoms with Crippen LogP contribution in [0.4, 0.5) is 0 Å². The van der Waals surface area contributed by atoms with E-state index in [9.17, 15) is 4.79 Å². The molecule has 0 radical (unpaired) electrons. The summed E-state index contributed by atoms with van der Waals surface area (Å²) in [5, 5.41) is 4.08. The summed E-state index contributed by atoms with van der Waals surface area (Å²) in [5.41, 5.74) is 4.35. The zero-order valence-electron chi connectivity index (χ0n) is 16.7. The average Bonchev–Trinajstić information content (AvgIpc) is 2.72. The van der Waals surface area contributed by atoms with E-state index in [1.165, 1.54) is 11.1 Å². The van der Waals surface area contributed by atoms with Gasteiger partial charge in [-0.1, -0.05) is 55.5 Å². The van der Waals surface area contributed by atoms with Gasteiger partial charge in [0.2, 0.25) is 5.91 Å². The minimum Gasteiger partial charge on any atom is -0.351 e. The lowest BCUT2D eigenvalue weighted by Crippen LogP contribution is -2.33. The average molecular weight is 374 g/mol. The first-order chi connectivity index (χ1) is 13.6. The molecule has 0 bridgehead atoms. The number of carbonyl (C=O) groups excluding carboxylic acids is 1. The monoisotopic (exact) mass is 373 g/mol. The Morgan fingerprint density at radius 3 is 2.57 bits per heavy atom. The minimum atomic E-state index is -0.107. The van der Waals surface area contributed by atoms with Crippen LogP contribution in [0.3, 0.4) is 0 Å². The Morgan fingerprint density at radius 2 is 1.86 bits per heavy atom. The van der Waals surface area contributed by atoms with Crippen molar-refractivity contribution in [3.05, 3.63) is 83.6 Å². The largest absolute Gasteiger partial charge is 0.351 e. The molecule has 4 nitrogen and oxygen atoms in total. The summed E-state index contributed by atoms with van der Waals surface area (Å²) in [6.45, 7) is 2.70. The second-order valence-electron chi connectivity index (χ2n) is 7.08. The topological polar surface area (TPSA) is 45.2 Å². The van der Waals surface area contributed by atoms with Crippen molar-refractivity contribution in [3.8, 4) is 0 Å². The van der Waals surface area contributed by atoms with Crippen LogP contribution in [0.25, 0.3) is 17.0 Å². The van der Waals surface area contributed by atoms with Crippen LogP contribution >= 0.6 is 0 Å². The molecule has 1 atom stereocenters. The molecule has 0 spiro atoms. The van der Waals surface area contributed by atoms with E-state index < -0.39 is 0 Å². The maximum Gasteiger partial charge on any atom is 0.244 e. The fourth-order valence-electron chi connectivity index (χ4n) is 3.26. The Hall–Kier alpha value is -2.98. The number of aromatic nitrogens is 1. The second-order valence-corrected chi connectivity index (χ2v) is 7.08. The Bertz CT molecular complexity index is 956. The molecule has 3 rings (SSSR count). The smallest absolute Gasteiger partial charge is 0.244 e. The fourth-order valence-corrected chi connectivity index (χ4v) is 3.26. The molecule has 28 heavy (non-hydrogen) atoms. The van der Waals surface area contributed by atoms with Crippen molar-refractivity contribution in [1.82, 2.24) is 15.2 Å². The predicted octanol–water partition coefficient (Wildman–Crippen LogP) is 4.23. The molecule has 1 amide bonds. The van der Waals surface area contributed by atoms with Gasteiger partial charge in [-0.25, -0.2) is 0 Å². The molecule has 0 aliphatic carbocycles. The summed E-state index contributed by atoms with van der Waals surface area (Å²) in [5.74, 6) is -0.107. The zero-order valence-corrected chi connectivity index (χ0v) is 16.7. The Morgan fingerprint density at radius 1 is 1.11 bits per heavy atom. The molecule has 0 saturated carbocycles. The highest BCUT2D eigenvalue weighted by Gasteiger charge is 2.14. The number of carbonyl (C=O) groups is 1. The lowest BCUT2D eigenvalue weighted by Gasteiger charge is -2.25. The Balaban J connectivity index is 1.66. The minimum absolute atomic E-state index is 0.107. The fraction of sp³-hybridized carbons (Fsp3) is 0.250. The van der Waals surface area contributed by atoms with E-state index in [1.54, 1.807) is 12.3 Å². The molecule has 0 aliphatic heterocycles. The van der Waals surface area contributed by atoms with Gasteiger partial charge in [0.15, 0.2) is 0 Å². The van der Waals surface area contributed by atoms with E-state index in [1.807, 2.05) is 50.5 Å². The molecule has 0 saturated heterocycles. The summed E-state index contributed by atoms with van der Waals surface area (Å²) in [6.07, 6.45) is 6.20. The van der Waals surface area contributed by atoms with E-state index in [0.717, 1.165) is 22.9 Å². The van der Waals surface area contributed by atoms with Gasteiger partial charge in [0, 0.05) is 29.8 Å². The van der Waals surface area contributed by atoms with Crippen LogP contribution in [0.15, 0.2) is 66.9 Å². The Kier molecular flexibility index (Phi) is 6.56. The number of likely N-dealkylation sites (N-methyl/N-ethyl adjacent to an activating group) is 1. The van der Waals surface area contributed by atoms with E-state index in [0.29, 0.717) is 6.54 Å². The molecule has 4 heteroatoms. The highest BCUT2D eigenvalue weighted by atomic mass is 16.1. The maximum absolute atomic E-state index is 12.4. The van der Waals surface area contributed by atoms with Gasteiger partial charge < -0.3 is 10.2 Å². The van der Waals surface area contributed by atoms with Crippen LogP contribution in [-0.4, -0.2) is 36.4 Å². The number of amides is 1. The number of benzene rings is 2. The van der Waals surface area contributed by atoms with Crippen molar-refractivity contribution in [2.24, 2.45) is 0 Å². The first-order valence-electron chi connectivity index (χ1n) is 9.63. The van der Waals surface area contributed by atoms with Crippen LogP contribution in [0.1, 0.15) is 29.7 Å². The first-order valence-corrected chi connectivity index (χ1v) is 9.63. The third-order valence-corrected chi connectivity index (χ3v) is 4.94. The third-order valence-electron chi connectivity index (χ3n) is 4.94. The molecule has 1 heterocycles. The number of fused-ring (bicyclic) bond motifs is 1. The highest BCUT2D eigenvalue weighted by Crippen LogP contribution is 2.19. The van der Waals surface area contributed by atoms with E-state index in [4.69, 9.17) is 0 Å². The molecule has 3 aromatic rings. The number of pyridine rings is 1. The number of para-hydroxylation sites is 1. The quantitative estimate of drug-likeness (QED) is 0.631. The molecule has 2 aromatic carbocycles. The number of hydrogen-bond donors (Lipinski definition) is 1. The summed E-state index contributed by atoms with van der Waals surface area (Å²) < 4.78 is 0. The third kappa shape index (κ3) is 4.84. The predicted molar refractivity (Wildman–Crippen MR) is 116 cm³/mol. The molecule has 1 N–H and O–H groups in total. The highest BCUT2D eigenvalue weighted by molar-refractivity contribution is 5.95. The van der Waals surface area contributed by atoms with Crippen molar-refractivity contribution in [2.75, 3.05) is 20.6 Å². The summed E-state index contributed by atoms with van der Waals surface area (Å²) in [4.78, 5) is 18.9. The van der Waals surface area contributed by atoms with Crippen LogP contribution in [0.2, 0.25) is 0 Å². The number of aryl methyl sites for hydroxylation is 1. The molecule has 0 fully saturated rings. The molecule has 0 aliphatic rings. The lowest BCUT2D eigenvalue weighted by atomic mass is 10.0. The van der Waals surface area contributed by atoms with Gasteiger partial charge in [0.05, 0.1) is 11.6 Å². The van der Waals surface area contributed by atoms with Gasteiger partial charge in [0.25, 0.3) is 0 Å². The van der Waals surface area contributed by atoms with E-state index in [2.05, 4.69) is 46.4 Å². The summed E-state index contributed by atoms with van der Waals surface area (Å²) in [6, 6.07) is 18.6. The van der Waals surface area contributed by atoms with Gasteiger partial charge in [-0.05, 0) is 43.8 Å². The van der Waals surface area contributed by atoms with Gasteiger partial charge in [-0.3, -0.25) is 9.78 Å². The number of hydrogen-bond acceptors (Lipinski definition) is 3. The van der Waals surface area contributed by atoms with Crippen LogP contribution < -0.4 is 5.32 Å². The zero-order chi connectivity index (χ0) is 19.9. The van der Waals surface area contributed by atoms with Crippen molar-refractivity contribution < 1.29 is 4.79 Å². The van der Waals surface area contributed by atoms with Gasteiger partial charge in [-0.15, -0.1) is 0 Å². The van der Waals surface area contributed by atoms with Gasteiger partial charge in [0.1, 0.15) is 0 Å². The number of nitrogens with zero attached hydrogens (tertiary/aromatic N) is 2. The number of rotatable bonds is 7. The van der Waals surface area contributed by atoms with Crippen molar-refractivity contribution in [1.29, 1.82) is 0 Å². The van der Waals surface area contributed by atoms with Crippen molar-refractivity contribution >= 4 is 22.9 Å². The first kappa shape index (κ1) is 19.8. The molecule has 1 aromatic heterocycles. The normalized spacial score (nSPS) is 12.6. The van der Waals surface area contributed by atoms with Crippen molar-refractivity contribution in [3.63, 3.8) is 0 Å².